The molecule has 0 atom stereocenters. The molecule has 2 aromatic heterocycles. The topological polar surface area (TPSA) is 110 Å². The lowest BCUT2D eigenvalue weighted by Crippen LogP contribution is -2.39. The monoisotopic (exact) mass is 498 g/mol. The lowest BCUT2D eigenvalue weighted by Gasteiger charge is -2.11. The third-order valence-electron chi connectivity index (χ3n) is 5.54. The average Bonchev–Trinajstić information content (AvgIpc) is 3.34. The van der Waals surface area contributed by atoms with Gasteiger partial charge >= 0.3 is 6.03 Å². The Morgan fingerprint density at radius 1 is 0.833 bits per heavy atom. The molecule has 180 valence electrons. The van der Waals surface area contributed by atoms with Crippen LogP contribution in [0.4, 0.5) is 4.79 Å². The molecule has 3 amide bonds. The van der Waals surface area contributed by atoms with Crippen molar-refractivity contribution >= 4 is 40.4 Å². The van der Waals surface area contributed by atoms with Gasteiger partial charge in [-0.2, -0.15) is 0 Å². The fourth-order valence-electron chi connectivity index (χ4n) is 3.85. The first kappa shape index (κ1) is 23.3. The third kappa shape index (κ3) is 4.98. The number of hydrogen-bond acceptors (Lipinski definition) is 6. The first-order valence-corrected chi connectivity index (χ1v) is 12.2. The number of aromatic nitrogens is 4. The van der Waals surface area contributed by atoms with Crippen LogP contribution in [0.25, 0.3) is 16.7 Å². The average molecular weight is 499 g/mol. The highest BCUT2D eigenvalue weighted by atomic mass is 32.2. The molecule has 0 saturated carbocycles. The summed E-state index contributed by atoms with van der Waals surface area (Å²) in [7, 11) is 0. The van der Waals surface area contributed by atoms with Gasteiger partial charge in [0.05, 0.1) is 23.2 Å². The molecule has 0 unspecified atom stereocenters. The first-order chi connectivity index (χ1) is 17.6. The molecule has 0 radical (unpaired) electrons. The number of nitrogens with one attached hydrogen (secondary N) is 2. The molecule has 0 aliphatic carbocycles. The van der Waals surface area contributed by atoms with E-state index < -0.39 is 11.9 Å². The maximum atomic E-state index is 13.3. The van der Waals surface area contributed by atoms with Crippen molar-refractivity contribution in [3.8, 4) is 0 Å². The Balaban J connectivity index is 1.35. The molecule has 0 saturated heterocycles. The minimum absolute atomic E-state index is 0.0499. The molecule has 10 heteroatoms. The zero-order chi connectivity index (χ0) is 24.9. The lowest BCUT2D eigenvalue weighted by atomic mass is 10.2. The van der Waals surface area contributed by atoms with Gasteiger partial charge in [0.15, 0.2) is 5.16 Å². The van der Waals surface area contributed by atoms with E-state index in [0.717, 1.165) is 22.9 Å². The van der Waals surface area contributed by atoms with E-state index in [-0.39, 0.29) is 11.3 Å². The van der Waals surface area contributed by atoms with E-state index in [1.165, 1.54) is 0 Å². The van der Waals surface area contributed by atoms with Gasteiger partial charge in [0.1, 0.15) is 0 Å². The van der Waals surface area contributed by atoms with Crippen molar-refractivity contribution < 1.29 is 9.59 Å². The van der Waals surface area contributed by atoms with Gasteiger partial charge in [0.25, 0.3) is 5.56 Å². The molecule has 0 spiro atoms. The number of rotatable bonds is 7. The highest BCUT2D eigenvalue weighted by Crippen LogP contribution is 2.22. The maximum absolute atomic E-state index is 13.3. The normalized spacial score (nSPS) is 11.0. The van der Waals surface area contributed by atoms with E-state index in [1.807, 2.05) is 72.8 Å². The number of urea groups is 1. The predicted octanol–water partition coefficient (Wildman–Crippen LogP) is 3.21. The number of carbonyl (C=O) groups excluding carboxylic acids is 2. The van der Waals surface area contributed by atoms with Crippen LogP contribution in [0.15, 0.2) is 94.9 Å². The van der Waals surface area contributed by atoms with Gasteiger partial charge in [-0.3, -0.25) is 23.9 Å². The minimum Gasteiger partial charge on any atom is -0.334 e. The molecule has 0 bridgehead atoms. The number of benzene rings is 3. The molecule has 36 heavy (non-hydrogen) atoms. The van der Waals surface area contributed by atoms with Crippen LogP contribution < -0.4 is 16.2 Å². The van der Waals surface area contributed by atoms with Crippen molar-refractivity contribution in [2.45, 2.75) is 18.2 Å². The summed E-state index contributed by atoms with van der Waals surface area (Å²) in [5.41, 5.74) is 2.36. The van der Waals surface area contributed by atoms with Crippen LogP contribution in [0.2, 0.25) is 0 Å². The van der Waals surface area contributed by atoms with E-state index in [9.17, 15) is 14.4 Å². The molecule has 9 nitrogen and oxygen atoms in total. The second-order valence-corrected chi connectivity index (χ2v) is 8.96. The van der Waals surface area contributed by atoms with Crippen LogP contribution in [-0.2, 0) is 17.9 Å². The van der Waals surface area contributed by atoms with E-state index in [2.05, 4.69) is 20.8 Å². The van der Waals surface area contributed by atoms with Gasteiger partial charge < -0.3 is 5.32 Å². The van der Waals surface area contributed by atoms with Crippen LogP contribution in [0.5, 0.6) is 0 Å². The lowest BCUT2D eigenvalue weighted by molar-refractivity contribution is -0.117. The summed E-state index contributed by atoms with van der Waals surface area (Å²) in [4.78, 5) is 37.8. The van der Waals surface area contributed by atoms with Gasteiger partial charge in [-0.1, -0.05) is 84.6 Å². The van der Waals surface area contributed by atoms with Gasteiger partial charge in [-0.25, -0.2) is 4.79 Å². The van der Waals surface area contributed by atoms with E-state index in [1.54, 1.807) is 21.1 Å². The van der Waals surface area contributed by atoms with Crippen molar-refractivity contribution in [3.63, 3.8) is 0 Å². The van der Waals surface area contributed by atoms with Crippen LogP contribution in [0.1, 0.15) is 11.1 Å². The second kappa shape index (κ2) is 10.4. The molecule has 2 N–H and O–H groups in total. The van der Waals surface area contributed by atoms with Gasteiger partial charge in [-0.15, -0.1) is 10.2 Å². The predicted molar refractivity (Wildman–Crippen MR) is 138 cm³/mol. The molecule has 5 rings (SSSR count). The number of hydrogen-bond donors (Lipinski definition) is 2. The number of fused-ring (bicyclic) bond motifs is 3. The standard InChI is InChI=1S/C26H22N6O3S/c33-22(28-24(35)27-15-18-9-3-1-4-10-18)17-36-26-30-29-25-31(16-19-11-5-2-6-12-19)23(34)20-13-7-8-14-21(20)32(25)26/h1-14H,15-17H2,(H2,27,28,33,35). The number of nitrogens with zero attached hydrogens (tertiary/aromatic N) is 4. The summed E-state index contributed by atoms with van der Waals surface area (Å²) in [6.07, 6.45) is 0. The summed E-state index contributed by atoms with van der Waals surface area (Å²) in [5.74, 6) is -0.138. The van der Waals surface area contributed by atoms with E-state index in [4.69, 9.17) is 0 Å². The first-order valence-electron chi connectivity index (χ1n) is 11.2. The molecule has 0 aliphatic heterocycles. The summed E-state index contributed by atoms with van der Waals surface area (Å²) in [6.45, 7) is 0.645. The zero-order valence-corrected chi connectivity index (χ0v) is 19.9. The minimum atomic E-state index is -0.572. The Morgan fingerprint density at radius 2 is 1.50 bits per heavy atom. The Labute approximate surface area is 210 Å². The Kier molecular flexibility index (Phi) is 6.76. The summed E-state index contributed by atoms with van der Waals surface area (Å²) < 4.78 is 3.35. The SMILES string of the molecule is O=C(CSc1nnc2n(Cc3ccccc3)c(=O)c3ccccc3n12)NC(=O)NCc1ccccc1. The van der Waals surface area contributed by atoms with Crippen molar-refractivity contribution in [1.82, 2.24) is 29.8 Å². The molecule has 3 aromatic carbocycles. The van der Waals surface area contributed by atoms with Crippen molar-refractivity contribution in [1.29, 1.82) is 0 Å². The Bertz CT molecular complexity index is 1600. The number of thioether (sulfide) groups is 1. The quantitative estimate of drug-likeness (QED) is 0.334. The van der Waals surface area contributed by atoms with E-state index in [0.29, 0.717) is 34.9 Å². The molecule has 0 aliphatic rings. The number of imide groups is 1. The molecule has 5 aromatic rings. The number of para-hydroxylation sites is 1. The fraction of sp³-hybridized carbons (Fsp3) is 0.115. The van der Waals surface area contributed by atoms with Crippen LogP contribution in [-0.4, -0.2) is 36.9 Å². The van der Waals surface area contributed by atoms with Gasteiger partial charge in [0.2, 0.25) is 11.7 Å². The van der Waals surface area contributed by atoms with Gasteiger partial charge in [-0.05, 0) is 23.3 Å². The van der Waals surface area contributed by atoms with Crippen LogP contribution in [0, 0.1) is 0 Å². The molecule has 2 heterocycles. The molecular weight excluding hydrogens is 476 g/mol. The van der Waals surface area contributed by atoms with Crippen molar-refractivity contribution in [2.24, 2.45) is 0 Å². The van der Waals surface area contributed by atoms with Crippen LogP contribution >= 0.6 is 11.8 Å². The number of carbonyl (C=O) groups is 2. The molecular formula is C26H22N6O3S. The largest absolute Gasteiger partial charge is 0.334 e. The Hall–Kier alpha value is -4.44. The third-order valence-corrected chi connectivity index (χ3v) is 6.47. The fourth-order valence-corrected chi connectivity index (χ4v) is 4.59. The zero-order valence-electron chi connectivity index (χ0n) is 19.1. The van der Waals surface area contributed by atoms with Gasteiger partial charge in [0, 0.05) is 6.54 Å². The van der Waals surface area contributed by atoms with Crippen molar-refractivity contribution in [3.05, 3.63) is 106 Å². The Morgan fingerprint density at radius 3 is 2.25 bits per heavy atom. The summed E-state index contributed by atoms with van der Waals surface area (Å²) >= 11 is 1.14. The van der Waals surface area contributed by atoms with E-state index >= 15 is 0 Å². The molecule has 0 fully saturated rings. The highest BCUT2D eigenvalue weighted by Gasteiger charge is 2.18. The number of amides is 3. The summed E-state index contributed by atoms with van der Waals surface area (Å²) in [6, 6.07) is 25.7. The maximum Gasteiger partial charge on any atom is 0.321 e. The van der Waals surface area contributed by atoms with Crippen molar-refractivity contribution in [2.75, 3.05) is 5.75 Å². The second-order valence-electron chi connectivity index (χ2n) is 8.02. The summed E-state index contributed by atoms with van der Waals surface area (Å²) in [5, 5.41) is 14.5. The van der Waals surface area contributed by atoms with Crippen LogP contribution in [0.3, 0.4) is 0 Å². The highest BCUT2D eigenvalue weighted by molar-refractivity contribution is 7.99. The smallest absolute Gasteiger partial charge is 0.321 e.